The lowest BCUT2D eigenvalue weighted by molar-refractivity contribution is 1.15. The van der Waals surface area contributed by atoms with Crippen molar-refractivity contribution < 1.29 is 0 Å². The van der Waals surface area contributed by atoms with Gasteiger partial charge < -0.3 is 14.0 Å². The molecule has 0 saturated heterocycles. The Morgan fingerprint density at radius 3 is 1.32 bits per heavy atom. The van der Waals surface area contributed by atoms with Crippen LogP contribution in [0.2, 0.25) is 0 Å². The van der Waals surface area contributed by atoms with Crippen LogP contribution in [-0.4, -0.2) is 9.13 Å². The van der Waals surface area contributed by atoms with Crippen LogP contribution < -0.4 is 4.90 Å². The summed E-state index contributed by atoms with van der Waals surface area (Å²) in [5, 5.41) is 4.93. The number of benzene rings is 9. The van der Waals surface area contributed by atoms with Crippen molar-refractivity contribution in [3.05, 3.63) is 224 Å². The molecule has 0 unspecified atom stereocenters. The zero-order valence-electron chi connectivity index (χ0n) is 31.2. The zero-order valence-corrected chi connectivity index (χ0v) is 31.2. The monoisotopic (exact) mass is 727 g/mol. The largest absolute Gasteiger partial charge is 0.311 e. The molecule has 3 heteroatoms. The third-order valence-corrected chi connectivity index (χ3v) is 11.3. The van der Waals surface area contributed by atoms with Crippen molar-refractivity contribution in [1.82, 2.24) is 9.13 Å². The molecule has 0 bridgehead atoms. The molecule has 0 aliphatic rings. The van der Waals surface area contributed by atoms with Gasteiger partial charge in [0.25, 0.3) is 0 Å². The van der Waals surface area contributed by atoms with Gasteiger partial charge in [-0.25, -0.2) is 0 Å². The molecule has 0 saturated carbocycles. The van der Waals surface area contributed by atoms with E-state index in [0.717, 1.165) is 28.4 Å². The molecule has 2 heterocycles. The fourth-order valence-corrected chi connectivity index (χ4v) is 8.76. The zero-order chi connectivity index (χ0) is 37.7. The Balaban J connectivity index is 1.16. The SMILES string of the molecule is c1ccc(-c2ccc(N(c3ccccc3)c3ccc(-c4cc5c6ccccc6n(-c6ccccc6)c5c5c4c4ccccc4n5-c4ccccc4)cc3)cc2)cc1. The van der Waals surface area contributed by atoms with Crippen LogP contribution in [0.15, 0.2) is 224 Å². The lowest BCUT2D eigenvalue weighted by atomic mass is 9.96. The molecule has 9 aromatic carbocycles. The number of hydrogen-bond donors (Lipinski definition) is 0. The van der Waals surface area contributed by atoms with Crippen LogP contribution in [0, 0.1) is 0 Å². The highest BCUT2D eigenvalue weighted by Crippen LogP contribution is 2.47. The number of aromatic nitrogens is 2. The summed E-state index contributed by atoms with van der Waals surface area (Å²) in [7, 11) is 0. The van der Waals surface area contributed by atoms with Crippen molar-refractivity contribution in [2.24, 2.45) is 0 Å². The van der Waals surface area contributed by atoms with Gasteiger partial charge in [-0.2, -0.15) is 0 Å². The van der Waals surface area contributed by atoms with Crippen LogP contribution >= 0.6 is 0 Å². The molecule has 0 spiro atoms. The smallest absolute Gasteiger partial charge is 0.0795 e. The molecular formula is C54H37N3. The minimum absolute atomic E-state index is 1.10. The highest BCUT2D eigenvalue weighted by Gasteiger charge is 2.24. The van der Waals surface area contributed by atoms with Crippen LogP contribution in [0.4, 0.5) is 17.1 Å². The van der Waals surface area contributed by atoms with Gasteiger partial charge in [0, 0.05) is 50.0 Å². The molecule has 0 amide bonds. The number of fused-ring (bicyclic) bond motifs is 7. The van der Waals surface area contributed by atoms with E-state index in [0.29, 0.717) is 0 Å². The van der Waals surface area contributed by atoms with Gasteiger partial charge in [-0.15, -0.1) is 0 Å². The summed E-state index contributed by atoms with van der Waals surface area (Å²) < 4.78 is 4.93. The molecule has 0 N–H and O–H groups in total. The van der Waals surface area contributed by atoms with Gasteiger partial charge in [0.2, 0.25) is 0 Å². The van der Waals surface area contributed by atoms with Gasteiger partial charge in [-0.3, -0.25) is 0 Å². The summed E-state index contributed by atoms with van der Waals surface area (Å²) in [6.45, 7) is 0. The molecule has 0 aliphatic heterocycles. The predicted octanol–water partition coefficient (Wildman–Crippen LogP) is 14.7. The van der Waals surface area contributed by atoms with E-state index in [1.165, 1.54) is 65.9 Å². The van der Waals surface area contributed by atoms with E-state index in [4.69, 9.17) is 0 Å². The lowest BCUT2D eigenvalue weighted by Gasteiger charge is -2.26. The molecule has 0 radical (unpaired) electrons. The van der Waals surface area contributed by atoms with Crippen LogP contribution in [0.5, 0.6) is 0 Å². The van der Waals surface area contributed by atoms with E-state index in [1.54, 1.807) is 0 Å². The first kappa shape index (κ1) is 32.8. The third kappa shape index (κ3) is 5.43. The van der Waals surface area contributed by atoms with Crippen LogP contribution in [0.1, 0.15) is 0 Å². The molecule has 11 rings (SSSR count). The Bertz CT molecular complexity index is 3180. The molecule has 0 atom stereocenters. The Hall–Kier alpha value is -7.62. The van der Waals surface area contributed by atoms with Crippen molar-refractivity contribution in [1.29, 1.82) is 0 Å². The topological polar surface area (TPSA) is 13.1 Å². The first-order chi connectivity index (χ1) is 28.3. The maximum atomic E-state index is 2.47. The molecular weight excluding hydrogens is 691 g/mol. The number of para-hydroxylation sites is 5. The van der Waals surface area contributed by atoms with Crippen molar-refractivity contribution in [3.63, 3.8) is 0 Å². The number of hydrogen-bond acceptors (Lipinski definition) is 1. The highest BCUT2D eigenvalue weighted by molar-refractivity contribution is 6.28. The quantitative estimate of drug-likeness (QED) is 0.159. The standard InChI is InChI=1S/C54H37N3/c1-5-17-38(18-6-1)39-29-33-44(34-30-39)55(41-19-7-2-8-20-41)45-35-31-40(32-36-45)48-37-49-46-25-13-15-27-50(46)56(42-21-9-3-10-22-42)53(49)54-52(48)47-26-14-16-28-51(47)57(54)43-23-11-4-12-24-43/h1-37H. The molecule has 3 nitrogen and oxygen atoms in total. The number of anilines is 3. The maximum Gasteiger partial charge on any atom is 0.0795 e. The second-order valence-corrected chi connectivity index (χ2v) is 14.6. The lowest BCUT2D eigenvalue weighted by Crippen LogP contribution is -2.09. The van der Waals surface area contributed by atoms with Crippen molar-refractivity contribution in [3.8, 4) is 33.6 Å². The normalized spacial score (nSPS) is 11.5. The Morgan fingerprint density at radius 2 is 0.719 bits per heavy atom. The maximum absolute atomic E-state index is 2.47. The van der Waals surface area contributed by atoms with Gasteiger partial charge in [0.1, 0.15) is 0 Å². The van der Waals surface area contributed by atoms with E-state index in [2.05, 4.69) is 238 Å². The van der Waals surface area contributed by atoms with Gasteiger partial charge in [0.15, 0.2) is 0 Å². The average Bonchev–Trinajstić information content (AvgIpc) is 3.81. The first-order valence-corrected chi connectivity index (χ1v) is 19.5. The van der Waals surface area contributed by atoms with Gasteiger partial charge in [0.05, 0.1) is 22.1 Å². The number of nitrogens with zero attached hydrogens (tertiary/aromatic N) is 3. The molecule has 0 aliphatic carbocycles. The van der Waals surface area contributed by atoms with E-state index in [-0.39, 0.29) is 0 Å². The fraction of sp³-hybridized carbons (Fsp3) is 0. The van der Waals surface area contributed by atoms with Gasteiger partial charge >= 0.3 is 0 Å². The van der Waals surface area contributed by atoms with E-state index in [1.807, 2.05) is 0 Å². The van der Waals surface area contributed by atoms with Crippen LogP contribution in [0.3, 0.4) is 0 Å². The van der Waals surface area contributed by atoms with Crippen molar-refractivity contribution in [2.45, 2.75) is 0 Å². The summed E-state index contributed by atoms with van der Waals surface area (Å²) in [6, 6.07) is 81.0. The minimum atomic E-state index is 1.10. The minimum Gasteiger partial charge on any atom is -0.311 e. The Labute approximate surface area is 331 Å². The molecule has 0 fully saturated rings. The highest BCUT2D eigenvalue weighted by atomic mass is 15.1. The van der Waals surface area contributed by atoms with Crippen LogP contribution in [0.25, 0.3) is 77.2 Å². The Morgan fingerprint density at radius 1 is 0.298 bits per heavy atom. The summed E-state index contributed by atoms with van der Waals surface area (Å²) in [5.74, 6) is 0. The predicted molar refractivity (Wildman–Crippen MR) is 241 cm³/mol. The average molecular weight is 728 g/mol. The summed E-state index contributed by atoms with van der Waals surface area (Å²) >= 11 is 0. The summed E-state index contributed by atoms with van der Waals surface area (Å²) in [6.07, 6.45) is 0. The molecule has 268 valence electrons. The van der Waals surface area contributed by atoms with Crippen LogP contribution in [-0.2, 0) is 0 Å². The number of rotatable bonds is 7. The van der Waals surface area contributed by atoms with E-state index in [9.17, 15) is 0 Å². The molecule has 2 aromatic heterocycles. The molecule has 11 aromatic rings. The van der Waals surface area contributed by atoms with Gasteiger partial charge in [-0.1, -0.05) is 146 Å². The van der Waals surface area contributed by atoms with E-state index >= 15 is 0 Å². The Kier molecular flexibility index (Phi) is 7.82. The molecule has 57 heavy (non-hydrogen) atoms. The fourth-order valence-electron chi connectivity index (χ4n) is 8.76. The van der Waals surface area contributed by atoms with Crippen molar-refractivity contribution in [2.75, 3.05) is 4.90 Å². The van der Waals surface area contributed by atoms with Crippen molar-refractivity contribution >= 4 is 60.7 Å². The first-order valence-electron chi connectivity index (χ1n) is 19.5. The third-order valence-electron chi connectivity index (χ3n) is 11.3. The summed E-state index contributed by atoms with van der Waals surface area (Å²) in [5.41, 5.74) is 15.2. The van der Waals surface area contributed by atoms with Gasteiger partial charge in [-0.05, 0) is 101 Å². The van der Waals surface area contributed by atoms with E-state index < -0.39 is 0 Å². The second-order valence-electron chi connectivity index (χ2n) is 14.6. The summed E-state index contributed by atoms with van der Waals surface area (Å²) in [4.78, 5) is 2.34. The second kappa shape index (κ2) is 13.6.